The standard InChI is InChI=1S/C16H15Br3/c1-9-4-10(2)6-12(5-9)16(19)13-8-14(17)11(3)7-15(13)18/h4-8,16H,1-3H3. The number of alkyl halides is 1. The molecule has 19 heavy (non-hydrogen) atoms. The van der Waals surface area contributed by atoms with Crippen molar-refractivity contribution in [2.24, 2.45) is 0 Å². The Morgan fingerprint density at radius 1 is 0.789 bits per heavy atom. The Labute approximate surface area is 140 Å². The van der Waals surface area contributed by atoms with Gasteiger partial charge in [0.05, 0.1) is 4.83 Å². The molecule has 0 saturated heterocycles. The summed E-state index contributed by atoms with van der Waals surface area (Å²) in [5.41, 5.74) is 6.34. The van der Waals surface area contributed by atoms with Gasteiger partial charge in [-0.1, -0.05) is 77.1 Å². The molecule has 100 valence electrons. The van der Waals surface area contributed by atoms with Crippen molar-refractivity contribution < 1.29 is 0 Å². The number of hydrogen-bond donors (Lipinski definition) is 0. The van der Waals surface area contributed by atoms with E-state index in [1.165, 1.54) is 27.8 Å². The molecule has 0 aliphatic carbocycles. The van der Waals surface area contributed by atoms with Gasteiger partial charge in [0.15, 0.2) is 0 Å². The molecular weight excluding hydrogens is 432 g/mol. The van der Waals surface area contributed by atoms with Crippen LogP contribution in [0.2, 0.25) is 0 Å². The fraction of sp³-hybridized carbons (Fsp3) is 0.250. The summed E-state index contributed by atoms with van der Waals surface area (Å²) in [5.74, 6) is 0. The van der Waals surface area contributed by atoms with Crippen molar-refractivity contribution in [1.82, 2.24) is 0 Å². The third kappa shape index (κ3) is 3.50. The molecular formula is C16H15Br3. The van der Waals surface area contributed by atoms with Gasteiger partial charge >= 0.3 is 0 Å². The number of aryl methyl sites for hydroxylation is 3. The third-order valence-electron chi connectivity index (χ3n) is 3.09. The van der Waals surface area contributed by atoms with Crippen molar-refractivity contribution in [1.29, 1.82) is 0 Å². The first-order valence-corrected chi connectivity index (χ1v) is 8.56. The van der Waals surface area contributed by atoms with E-state index in [-0.39, 0.29) is 4.83 Å². The Hall–Kier alpha value is -0.120. The normalized spacial score (nSPS) is 12.5. The molecule has 0 nitrogen and oxygen atoms in total. The van der Waals surface area contributed by atoms with Gasteiger partial charge in [-0.25, -0.2) is 0 Å². The molecule has 0 bridgehead atoms. The Balaban J connectivity index is 2.49. The van der Waals surface area contributed by atoms with E-state index < -0.39 is 0 Å². The Morgan fingerprint density at radius 3 is 1.95 bits per heavy atom. The molecule has 0 saturated carbocycles. The Morgan fingerprint density at radius 2 is 1.37 bits per heavy atom. The van der Waals surface area contributed by atoms with Crippen molar-refractivity contribution in [3.63, 3.8) is 0 Å². The van der Waals surface area contributed by atoms with Crippen LogP contribution in [0.1, 0.15) is 32.6 Å². The molecule has 0 spiro atoms. The summed E-state index contributed by atoms with van der Waals surface area (Å²) < 4.78 is 2.27. The van der Waals surface area contributed by atoms with Gasteiger partial charge in [-0.3, -0.25) is 0 Å². The first-order valence-electron chi connectivity index (χ1n) is 6.06. The first-order chi connectivity index (χ1) is 8.88. The van der Waals surface area contributed by atoms with Crippen LogP contribution in [0.25, 0.3) is 0 Å². The highest BCUT2D eigenvalue weighted by molar-refractivity contribution is 9.11. The number of benzene rings is 2. The van der Waals surface area contributed by atoms with Gasteiger partial charge in [0.1, 0.15) is 0 Å². The van der Waals surface area contributed by atoms with E-state index in [9.17, 15) is 0 Å². The second-order valence-corrected chi connectivity index (χ2v) is 7.53. The zero-order valence-corrected chi connectivity index (χ0v) is 15.9. The van der Waals surface area contributed by atoms with Crippen molar-refractivity contribution in [2.45, 2.75) is 25.6 Å². The molecule has 1 atom stereocenters. The van der Waals surface area contributed by atoms with Gasteiger partial charge in [0.2, 0.25) is 0 Å². The smallest absolute Gasteiger partial charge is 0.0656 e. The zero-order chi connectivity index (χ0) is 14.2. The number of halogens is 3. The van der Waals surface area contributed by atoms with E-state index >= 15 is 0 Å². The number of hydrogen-bond acceptors (Lipinski definition) is 0. The predicted octanol–water partition coefficient (Wildman–Crippen LogP) is 6.62. The van der Waals surface area contributed by atoms with E-state index in [0.717, 1.165) is 8.95 Å². The first kappa shape index (κ1) is 15.3. The number of rotatable bonds is 2. The summed E-state index contributed by atoms with van der Waals surface area (Å²) in [7, 11) is 0. The van der Waals surface area contributed by atoms with Crippen molar-refractivity contribution in [3.05, 3.63) is 67.1 Å². The third-order valence-corrected chi connectivity index (χ3v) is 5.65. The zero-order valence-electron chi connectivity index (χ0n) is 11.1. The van der Waals surface area contributed by atoms with Crippen LogP contribution >= 0.6 is 47.8 Å². The monoisotopic (exact) mass is 444 g/mol. The molecule has 2 rings (SSSR count). The minimum absolute atomic E-state index is 0.192. The van der Waals surface area contributed by atoms with Crippen LogP contribution < -0.4 is 0 Å². The van der Waals surface area contributed by atoms with E-state index in [4.69, 9.17) is 0 Å². The predicted molar refractivity (Wildman–Crippen MR) is 93.3 cm³/mol. The molecule has 0 aliphatic rings. The molecule has 2 aromatic carbocycles. The van der Waals surface area contributed by atoms with Crippen molar-refractivity contribution in [2.75, 3.05) is 0 Å². The summed E-state index contributed by atoms with van der Waals surface area (Å²) in [6.45, 7) is 6.37. The van der Waals surface area contributed by atoms with Crippen LogP contribution in [0, 0.1) is 20.8 Å². The van der Waals surface area contributed by atoms with Gasteiger partial charge in [-0.15, -0.1) is 0 Å². The Kier molecular flexibility index (Phi) is 4.91. The fourth-order valence-corrected chi connectivity index (χ4v) is 4.19. The average Bonchev–Trinajstić information content (AvgIpc) is 2.31. The lowest BCUT2D eigenvalue weighted by Gasteiger charge is -2.16. The molecule has 1 unspecified atom stereocenters. The molecule has 0 aliphatic heterocycles. The maximum absolute atomic E-state index is 3.82. The summed E-state index contributed by atoms with van der Waals surface area (Å²) in [6.07, 6.45) is 0. The Bertz CT molecular complexity index is 597. The van der Waals surface area contributed by atoms with Gasteiger partial charge < -0.3 is 0 Å². The van der Waals surface area contributed by atoms with Crippen LogP contribution in [0.3, 0.4) is 0 Å². The largest absolute Gasteiger partial charge is 0.0786 e. The second kappa shape index (κ2) is 6.11. The molecule has 0 heterocycles. The quantitative estimate of drug-likeness (QED) is 0.454. The van der Waals surface area contributed by atoms with Crippen LogP contribution in [0.15, 0.2) is 39.3 Å². The highest BCUT2D eigenvalue weighted by Crippen LogP contribution is 2.38. The lowest BCUT2D eigenvalue weighted by atomic mass is 10.00. The van der Waals surface area contributed by atoms with E-state index in [2.05, 4.69) is 98.9 Å². The maximum atomic E-state index is 3.82. The molecule has 0 amide bonds. The minimum atomic E-state index is 0.192. The fourth-order valence-electron chi connectivity index (χ4n) is 2.19. The molecule has 0 N–H and O–H groups in total. The molecule has 0 radical (unpaired) electrons. The lowest BCUT2D eigenvalue weighted by molar-refractivity contribution is 1.13. The van der Waals surface area contributed by atoms with Gasteiger partial charge in [-0.2, -0.15) is 0 Å². The van der Waals surface area contributed by atoms with Crippen LogP contribution in [0.5, 0.6) is 0 Å². The summed E-state index contributed by atoms with van der Waals surface area (Å²) in [4.78, 5) is 0.192. The SMILES string of the molecule is Cc1cc(C)cc(C(Br)c2cc(Br)c(C)cc2Br)c1. The summed E-state index contributed by atoms with van der Waals surface area (Å²) >= 11 is 11.1. The van der Waals surface area contributed by atoms with Crippen molar-refractivity contribution in [3.8, 4) is 0 Å². The van der Waals surface area contributed by atoms with Crippen molar-refractivity contribution >= 4 is 47.8 Å². The second-order valence-electron chi connectivity index (χ2n) is 4.91. The molecule has 0 fully saturated rings. The topological polar surface area (TPSA) is 0 Å². The maximum Gasteiger partial charge on any atom is 0.0656 e. The van der Waals surface area contributed by atoms with Gasteiger partial charge in [0, 0.05) is 8.95 Å². The summed E-state index contributed by atoms with van der Waals surface area (Å²) in [5, 5.41) is 0. The van der Waals surface area contributed by atoms with Gasteiger partial charge in [0.25, 0.3) is 0 Å². The van der Waals surface area contributed by atoms with Crippen LogP contribution in [-0.4, -0.2) is 0 Å². The summed E-state index contributed by atoms with van der Waals surface area (Å²) in [6, 6.07) is 11.0. The molecule has 0 aromatic heterocycles. The van der Waals surface area contributed by atoms with Crippen LogP contribution in [0.4, 0.5) is 0 Å². The van der Waals surface area contributed by atoms with E-state index in [0.29, 0.717) is 0 Å². The minimum Gasteiger partial charge on any atom is -0.0786 e. The highest BCUT2D eigenvalue weighted by atomic mass is 79.9. The lowest BCUT2D eigenvalue weighted by Crippen LogP contribution is -1.97. The highest BCUT2D eigenvalue weighted by Gasteiger charge is 2.15. The molecule has 2 aromatic rings. The van der Waals surface area contributed by atoms with E-state index in [1.54, 1.807) is 0 Å². The van der Waals surface area contributed by atoms with E-state index in [1.807, 2.05) is 0 Å². The molecule has 3 heteroatoms. The van der Waals surface area contributed by atoms with Gasteiger partial charge in [-0.05, 0) is 49.6 Å². The average molecular weight is 447 g/mol. The van der Waals surface area contributed by atoms with Crippen LogP contribution in [-0.2, 0) is 0 Å².